The smallest absolute Gasteiger partial charge is 0.137 e. The molecule has 0 saturated carbocycles. The van der Waals surface area contributed by atoms with Gasteiger partial charge in [0.15, 0.2) is 0 Å². The molecule has 0 amide bonds. The predicted octanol–water partition coefficient (Wildman–Crippen LogP) is 13.7. The average Bonchev–Trinajstić information content (AvgIpc) is 1.53. The highest BCUT2D eigenvalue weighted by Gasteiger charge is 2.47. The van der Waals surface area contributed by atoms with Gasteiger partial charge < -0.3 is 9.32 Å². The van der Waals surface area contributed by atoms with Gasteiger partial charge in [0.05, 0.1) is 64.7 Å². The van der Waals surface area contributed by atoms with E-state index >= 15 is 0 Å². The van der Waals surface area contributed by atoms with Crippen LogP contribution in [0.4, 0.5) is 17.1 Å². The van der Waals surface area contributed by atoms with Crippen LogP contribution >= 0.6 is 0 Å². The minimum Gasteiger partial charge on any atom is -0.456 e. The summed E-state index contributed by atoms with van der Waals surface area (Å²) in [4.78, 5) is 0.229. The van der Waals surface area contributed by atoms with Gasteiger partial charge in [-0.05, 0) is 86.3 Å². The van der Waals surface area contributed by atoms with E-state index in [9.17, 15) is 24.7 Å². The third-order valence-electron chi connectivity index (χ3n) is 9.38. The molecule has 0 aliphatic heterocycles. The third-order valence-corrected chi connectivity index (χ3v) is 9.38. The number of fused-ring (bicyclic) bond motifs is 9. The van der Waals surface area contributed by atoms with Crippen LogP contribution in [0.25, 0.3) is 44.2 Å². The fourth-order valence-electron chi connectivity index (χ4n) is 7.23. The lowest BCUT2D eigenvalue weighted by Gasteiger charge is -2.34. The first-order valence-electron chi connectivity index (χ1n) is 34.3. The molecule has 256 valence electrons. The number of anilines is 3. The first-order valence-corrected chi connectivity index (χ1v) is 15.8. The summed E-state index contributed by atoms with van der Waals surface area (Å²) in [5.41, 5.74) is -25.6. The van der Waals surface area contributed by atoms with Crippen LogP contribution < -0.4 is 4.90 Å². The largest absolute Gasteiger partial charge is 0.456 e. The highest BCUT2D eigenvalue weighted by molar-refractivity contribution is 6.14. The summed E-state index contributed by atoms with van der Waals surface area (Å²) in [5, 5.41) is -1.80. The standard InChI is InChI=1S/C52H37NO/c1-51(2)41-24-12-9-21-37(41)38-32-31-36(33-44(38)51)53(46-28-16-30-48-50(46)40-23-11-14-29-47(40)54-48)45-27-15-26-43-49(45)39-22-10-13-25-42(39)52(43,34-17-5-3-6-18-34)35-19-7-4-8-20-35/h3-33H,1-2H3/i1D3,2D3,3D,4D,5D,6D,7D,8D,9D,10D,11D,12D,13D,14D,15D,16D,17D,18D,19D,20D,21D,22D,23D,24D,25D,26D,27D,28D,29D,30D,31D,32D,33D. The molecule has 1 heterocycles. The zero-order valence-electron chi connectivity index (χ0n) is 63.9. The molecule has 2 heteroatoms. The Balaban J connectivity index is 1.55. The molecule has 0 radical (unpaired) electrons. The zero-order valence-corrected chi connectivity index (χ0v) is 26.9. The fourth-order valence-corrected chi connectivity index (χ4v) is 7.23. The van der Waals surface area contributed by atoms with Gasteiger partial charge in [-0.25, -0.2) is 0 Å². The summed E-state index contributed by atoms with van der Waals surface area (Å²) in [6, 6.07) is -39.9. The second kappa shape index (κ2) is 11.4. The van der Waals surface area contributed by atoms with Gasteiger partial charge in [0, 0.05) is 30.3 Å². The maximum absolute atomic E-state index is 10.5. The lowest BCUT2D eigenvalue weighted by Crippen LogP contribution is -2.28. The Hall–Kier alpha value is -6.64. The van der Waals surface area contributed by atoms with Crippen LogP contribution in [0, 0.1) is 0 Å². The van der Waals surface area contributed by atoms with Gasteiger partial charge in [0.25, 0.3) is 0 Å². The molecule has 0 saturated heterocycles. The number of hydrogen-bond donors (Lipinski definition) is 0. The van der Waals surface area contributed by atoms with E-state index in [0.717, 1.165) is 0 Å². The Bertz CT molecular complexity index is 4800. The lowest BCUT2D eigenvalue weighted by atomic mass is 9.68. The average molecular weight is 729 g/mol. The third kappa shape index (κ3) is 4.11. The first-order chi connectivity index (χ1) is 41.9. The Morgan fingerprint density at radius 3 is 1.85 bits per heavy atom. The fraction of sp³-hybridized carbons (Fsp3) is 0.0769. The molecule has 9 aromatic rings. The lowest BCUT2D eigenvalue weighted by molar-refractivity contribution is 0.660. The summed E-state index contributed by atoms with van der Waals surface area (Å²) >= 11 is 0. The minimum atomic E-state index is -4.15. The quantitative estimate of drug-likeness (QED) is 0.175. The maximum Gasteiger partial charge on any atom is 0.137 e. The van der Waals surface area contributed by atoms with E-state index in [-0.39, 0.29) is 4.90 Å². The minimum absolute atomic E-state index is 0.229. The highest BCUT2D eigenvalue weighted by atomic mass is 16.3. The molecule has 11 rings (SSSR count). The maximum atomic E-state index is 10.5. The second-order valence-electron chi connectivity index (χ2n) is 12.0. The van der Waals surface area contributed by atoms with Crippen molar-refractivity contribution in [3.63, 3.8) is 0 Å². The molecule has 0 fully saturated rings. The van der Waals surface area contributed by atoms with E-state index in [2.05, 4.69) is 0 Å². The topological polar surface area (TPSA) is 16.4 Å². The van der Waals surface area contributed by atoms with Gasteiger partial charge in [-0.1, -0.05) is 165 Å². The molecule has 1 aromatic heterocycles. The van der Waals surface area contributed by atoms with E-state index < -0.39 is 306 Å². The van der Waals surface area contributed by atoms with Crippen molar-refractivity contribution in [2.45, 2.75) is 24.5 Å². The Labute approximate surface area is 367 Å². The predicted molar refractivity (Wildman–Crippen MR) is 223 cm³/mol. The van der Waals surface area contributed by atoms with Crippen LogP contribution in [0.5, 0.6) is 0 Å². The van der Waals surface area contributed by atoms with Crippen molar-refractivity contribution in [3.05, 3.63) is 221 Å². The number of hydrogen-bond acceptors (Lipinski definition) is 2. The van der Waals surface area contributed by atoms with Crippen LogP contribution in [-0.4, -0.2) is 0 Å². The van der Waals surface area contributed by atoms with Gasteiger partial charge >= 0.3 is 0 Å². The van der Waals surface area contributed by atoms with Crippen molar-refractivity contribution in [1.82, 2.24) is 0 Å². The summed E-state index contributed by atoms with van der Waals surface area (Å²) in [6.07, 6.45) is 0. The molecule has 8 aromatic carbocycles. The number of benzene rings is 8. The summed E-state index contributed by atoms with van der Waals surface area (Å²) < 4.78 is 351. The first kappa shape index (κ1) is 11.4. The van der Waals surface area contributed by atoms with Crippen LogP contribution in [0.3, 0.4) is 0 Å². The molecular formula is C52H37NO. The van der Waals surface area contributed by atoms with Gasteiger partial charge in [-0.2, -0.15) is 0 Å². The Morgan fingerprint density at radius 2 is 1.07 bits per heavy atom. The molecular weight excluding hydrogens is 655 g/mol. The molecule has 2 aliphatic rings. The molecule has 0 bridgehead atoms. The van der Waals surface area contributed by atoms with Crippen LogP contribution in [0.2, 0.25) is 0 Å². The van der Waals surface area contributed by atoms with E-state index in [1.807, 2.05) is 0 Å². The van der Waals surface area contributed by atoms with Gasteiger partial charge in [0.1, 0.15) is 11.2 Å². The summed E-state index contributed by atoms with van der Waals surface area (Å²) in [6.45, 7) is -8.30. The molecule has 2 nitrogen and oxygen atoms in total. The van der Waals surface area contributed by atoms with Crippen molar-refractivity contribution in [2.75, 3.05) is 4.90 Å². The normalized spacial score (nSPS) is 24.6. The second-order valence-corrected chi connectivity index (χ2v) is 12.0. The van der Waals surface area contributed by atoms with Crippen LogP contribution in [0.1, 0.15) is 97.8 Å². The molecule has 0 atom stereocenters. The van der Waals surface area contributed by atoms with Gasteiger partial charge in [0.2, 0.25) is 0 Å². The van der Waals surface area contributed by atoms with Crippen molar-refractivity contribution in [2.24, 2.45) is 0 Å². The summed E-state index contributed by atoms with van der Waals surface area (Å²) in [7, 11) is 0. The van der Waals surface area contributed by atoms with Gasteiger partial charge in [-0.15, -0.1) is 0 Å². The Morgan fingerprint density at radius 1 is 0.481 bits per heavy atom. The highest BCUT2D eigenvalue weighted by Crippen LogP contribution is 2.60. The monoisotopic (exact) mass is 729 g/mol. The van der Waals surface area contributed by atoms with Crippen LogP contribution in [-0.2, 0) is 10.8 Å². The molecule has 0 spiro atoms. The van der Waals surface area contributed by atoms with E-state index in [4.69, 9.17) is 30.5 Å². The van der Waals surface area contributed by atoms with Crippen molar-refractivity contribution in [1.29, 1.82) is 0 Å². The van der Waals surface area contributed by atoms with E-state index in [1.54, 1.807) is 0 Å². The van der Waals surface area contributed by atoms with Crippen molar-refractivity contribution < 1.29 is 55.1 Å². The molecule has 0 unspecified atom stereocenters. The zero-order chi connectivity index (χ0) is 68.0. The number of nitrogens with zero attached hydrogens (tertiary/aromatic N) is 1. The SMILES string of the molecule is [2H]c1c([2H])c([2H])c(C2(c3c([2H])c([2H])c([2H])c([2H])c3[2H])c3c([2H])c([2H])c([2H])c([2H])c3-c3c(N(c4c([2H])c([2H])c5c(c4[2H])C(C([2H])([2H])[2H])(C([2H])([2H])[2H])c4c([2H])c([2H])c([2H])c([2H])c4-5)c4c([2H])c([2H])c([2H])c5oc6c([2H])c([2H])c([2H])c([2H])c6c45)c([2H])c([2H])c([2H])c32)c([2H])c1[2H]. The van der Waals surface area contributed by atoms with Crippen molar-refractivity contribution >= 4 is 39.0 Å². The van der Waals surface area contributed by atoms with Crippen LogP contribution in [0.15, 0.2) is 192 Å². The number of para-hydroxylation sites is 1. The molecule has 2 aliphatic carbocycles. The van der Waals surface area contributed by atoms with E-state index in [1.165, 1.54) is 0 Å². The van der Waals surface area contributed by atoms with E-state index in [0.29, 0.717) is 0 Å². The Kier molecular flexibility index (Phi) is 2.42. The molecule has 0 N–H and O–H groups in total. The molecule has 54 heavy (non-hydrogen) atoms. The number of rotatable bonds is 5. The number of furan rings is 1. The van der Waals surface area contributed by atoms with Gasteiger partial charge in [-0.3, -0.25) is 0 Å². The van der Waals surface area contributed by atoms with Crippen molar-refractivity contribution in [3.8, 4) is 22.3 Å². The summed E-state index contributed by atoms with van der Waals surface area (Å²) in [5.74, 6) is 0.